The van der Waals surface area contributed by atoms with Crippen LogP contribution in [0.1, 0.15) is 5.56 Å². The Morgan fingerprint density at radius 2 is 1.88 bits per heavy atom. The fraction of sp³-hybridized carbons (Fsp3) is 0.0588. The summed E-state index contributed by atoms with van der Waals surface area (Å²) in [5.74, 6) is 0. The smallest absolute Gasteiger partial charge is 0.206 e. The molecule has 1 aromatic carbocycles. The number of para-hydroxylation sites is 1. The second-order valence-electron chi connectivity index (χ2n) is 5.11. The van der Waals surface area contributed by atoms with E-state index >= 15 is 0 Å². The number of rotatable bonds is 5. The van der Waals surface area contributed by atoms with Crippen LogP contribution in [0.15, 0.2) is 67.1 Å². The molecule has 0 aliphatic rings. The summed E-state index contributed by atoms with van der Waals surface area (Å²) in [5, 5.41) is 17.6. The van der Waals surface area contributed by atoms with E-state index in [2.05, 4.69) is 25.6 Å². The Kier molecular flexibility index (Phi) is 3.99. The molecule has 0 atom stereocenters. The molecule has 0 fully saturated rings. The van der Waals surface area contributed by atoms with Crippen molar-refractivity contribution in [1.29, 1.82) is 0 Å². The molecule has 4 rings (SSSR count). The molecule has 3 heterocycles. The van der Waals surface area contributed by atoms with E-state index in [1.807, 2.05) is 65.6 Å². The summed E-state index contributed by atoms with van der Waals surface area (Å²) in [5.41, 5.74) is 2.95. The maximum Gasteiger partial charge on any atom is 0.206 e. The van der Waals surface area contributed by atoms with E-state index in [4.69, 9.17) is 0 Å². The van der Waals surface area contributed by atoms with Crippen LogP contribution in [0.4, 0.5) is 5.13 Å². The van der Waals surface area contributed by atoms with Gasteiger partial charge in [-0.05, 0) is 24.3 Å². The van der Waals surface area contributed by atoms with E-state index in [1.54, 1.807) is 6.20 Å². The van der Waals surface area contributed by atoms with Crippen LogP contribution in [0, 0.1) is 0 Å². The zero-order valence-corrected chi connectivity index (χ0v) is 13.5. The first-order valence-electron chi connectivity index (χ1n) is 7.46. The highest BCUT2D eigenvalue weighted by atomic mass is 32.1. The molecule has 4 aromatic rings. The summed E-state index contributed by atoms with van der Waals surface area (Å²) < 4.78 is 1.86. The number of nitrogens with zero attached hydrogens (tertiary/aromatic N) is 5. The van der Waals surface area contributed by atoms with Gasteiger partial charge in [-0.25, -0.2) is 4.68 Å². The molecule has 0 radical (unpaired) electrons. The number of benzene rings is 1. The summed E-state index contributed by atoms with van der Waals surface area (Å²) in [6.45, 7) is 0.643. The van der Waals surface area contributed by atoms with E-state index in [0.29, 0.717) is 6.54 Å². The van der Waals surface area contributed by atoms with E-state index < -0.39 is 0 Å². The number of pyridine rings is 1. The lowest BCUT2D eigenvalue weighted by molar-refractivity contribution is 0.880. The predicted octanol–water partition coefficient (Wildman–Crippen LogP) is 3.40. The molecule has 3 aromatic heterocycles. The third-order valence-corrected chi connectivity index (χ3v) is 4.31. The number of nitrogens with one attached hydrogen (secondary N) is 1. The standard InChI is InChI=1S/C17H14N6S/c1-2-6-14(7-3-1)23-12-13(11-20-23)10-19-17-22-21-16(24-17)15-8-4-5-9-18-15/h1-9,11-12H,10H2,(H,19,22). The van der Waals surface area contributed by atoms with Crippen molar-refractivity contribution in [3.63, 3.8) is 0 Å². The molecular formula is C17H14N6S. The highest BCUT2D eigenvalue weighted by Gasteiger charge is 2.07. The first kappa shape index (κ1) is 14.5. The van der Waals surface area contributed by atoms with E-state index in [1.165, 1.54) is 11.3 Å². The summed E-state index contributed by atoms with van der Waals surface area (Å²) >= 11 is 1.49. The first-order chi connectivity index (χ1) is 11.9. The lowest BCUT2D eigenvalue weighted by Gasteiger charge is -2.00. The SMILES string of the molecule is c1ccc(-n2cc(CNc3nnc(-c4ccccn4)s3)cn2)cc1. The van der Waals surface area contributed by atoms with Crippen molar-refractivity contribution < 1.29 is 0 Å². The van der Waals surface area contributed by atoms with E-state index in [9.17, 15) is 0 Å². The molecule has 0 bridgehead atoms. The molecule has 1 N–H and O–H groups in total. The lowest BCUT2D eigenvalue weighted by Crippen LogP contribution is -1.98. The Morgan fingerprint density at radius 3 is 2.71 bits per heavy atom. The molecule has 118 valence electrons. The second kappa shape index (κ2) is 6.59. The van der Waals surface area contributed by atoms with Crippen LogP contribution in [-0.4, -0.2) is 25.0 Å². The van der Waals surface area contributed by atoms with Crippen LogP contribution < -0.4 is 5.32 Å². The van der Waals surface area contributed by atoms with E-state index in [0.717, 1.165) is 27.1 Å². The number of hydrogen-bond donors (Lipinski definition) is 1. The second-order valence-corrected chi connectivity index (χ2v) is 6.09. The minimum Gasteiger partial charge on any atom is -0.356 e. The van der Waals surface area contributed by atoms with Gasteiger partial charge in [-0.1, -0.05) is 35.6 Å². The first-order valence-corrected chi connectivity index (χ1v) is 8.28. The van der Waals surface area contributed by atoms with Crippen LogP contribution in [0.25, 0.3) is 16.4 Å². The zero-order chi connectivity index (χ0) is 16.2. The molecule has 0 aliphatic carbocycles. The Labute approximate surface area is 142 Å². The molecule has 0 saturated heterocycles. The predicted molar refractivity (Wildman–Crippen MR) is 94.0 cm³/mol. The van der Waals surface area contributed by atoms with Gasteiger partial charge in [0.25, 0.3) is 0 Å². The van der Waals surface area contributed by atoms with Crippen molar-refractivity contribution in [3.05, 3.63) is 72.7 Å². The Balaban J connectivity index is 1.43. The van der Waals surface area contributed by atoms with Crippen molar-refractivity contribution in [2.24, 2.45) is 0 Å². The summed E-state index contributed by atoms with van der Waals surface area (Å²) in [4.78, 5) is 4.28. The molecule has 0 amide bonds. The molecular weight excluding hydrogens is 320 g/mol. The van der Waals surface area contributed by atoms with Crippen molar-refractivity contribution in [2.45, 2.75) is 6.54 Å². The van der Waals surface area contributed by atoms with Gasteiger partial charge in [-0.15, -0.1) is 10.2 Å². The summed E-state index contributed by atoms with van der Waals surface area (Å²) in [6, 6.07) is 15.8. The van der Waals surface area contributed by atoms with Gasteiger partial charge in [0.1, 0.15) is 5.69 Å². The van der Waals surface area contributed by atoms with Gasteiger partial charge >= 0.3 is 0 Å². The molecule has 7 heteroatoms. The maximum absolute atomic E-state index is 4.39. The Bertz CT molecular complexity index is 839. The molecule has 24 heavy (non-hydrogen) atoms. The topological polar surface area (TPSA) is 68.5 Å². The Hall–Kier alpha value is -3.06. The number of anilines is 1. The van der Waals surface area contributed by atoms with E-state index in [-0.39, 0.29) is 0 Å². The summed E-state index contributed by atoms with van der Waals surface area (Å²) in [6.07, 6.45) is 5.60. The zero-order valence-electron chi connectivity index (χ0n) is 12.7. The summed E-state index contributed by atoms with van der Waals surface area (Å²) in [7, 11) is 0. The van der Waals surface area contributed by atoms with Crippen molar-refractivity contribution >= 4 is 16.5 Å². The van der Waals surface area contributed by atoms with Gasteiger partial charge in [0.05, 0.1) is 11.9 Å². The third-order valence-electron chi connectivity index (χ3n) is 3.41. The fourth-order valence-electron chi connectivity index (χ4n) is 2.24. The van der Waals surface area contributed by atoms with Crippen LogP contribution in [0.3, 0.4) is 0 Å². The average molecular weight is 334 g/mol. The third kappa shape index (κ3) is 3.16. The minimum atomic E-state index is 0.643. The molecule has 0 aliphatic heterocycles. The maximum atomic E-state index is 4.39. The highest BCUT2D eigenvalue weighted by molar-refractivity contribution is 7.18. The van der Waals surface area contributed by atoms with Crippen molar-refractivity contribution in [1.82, 2.24) is 25.0 Å². The van der Waals surface area contributed by atoms with Crippen LogP contribution in [0.2, 0.25) is 0 Å². The monoisotopic (exact) mass is 334 g/mol. The average Bonchev–Trinajstić information content (AvgIpc) is 3.31. The van der Waals surface area contributed by atoms with Gasteiger partial charge in [0.15, 0.2) is 5.01 Å². The minimum absolute atomic E-state index is 0.643. The van der Waals surface area contributed by atoms with Crippen molar-refractivity contribution in [3.8, 4) is 16.4 Å². The van der Waals surface area contributed by atoms with Gasteiger partial charge in [0.2, 0.25) is 5.13 Å². The number of hydrogen-bond acceptors (Lipinski definition) is 6. The fourth-order valence-corrected chi connectivity index (χ4v) is 2.95. The van der Waals surface area contributed by atoms with Gasteiger partial charge < -0.3 is 5.32 Å². The number of aromatic nitrogens is 5. The molecule has 0 spiro atoms. The normalized spacial score (nSPS) is 10.7. The van der Waals surface area contributed by atoms with Crippen LogP contribution >= 0.6 is 11.3 Å². The van der Waals surface area contributed by atoms with Crippen molar-refractivity contribution in [2.75, 3.05) is 5.32 Å². The van der Waals surface area contributed by atoms with Crippen LogP contribution in [0.5, 0.6) is 0 Å². The molecule has 6 nitrogen and oxygen atoms in total. The van der Waals surface area contributed by atoms with Gasteiger partial charge in [-0.2, -0.15) is 5.10 Å². The van der Waals surface area contributed by atoms with Crippen LogP contribution in [-0.2, 0) is 6.54 Å². The lowest BCUT2D eigenvalue weighted by atomic mass is 10.3. The Morgan fingerprint density at radius 1 is 1.00 bits per heavy atom. The largest absolute Gasteiger partial charge is 0.356 e. The quantitative estimate of drug-likeness (QED) is 0.606. The highest BCUT2D eigenvalue weighted by Crippen LogP contribution is 2.24. The van der Waals surface area contributed by atoms with Gasteiger partial charge in [-0.3, -0.25) is 4.98 Å². The molecule has 0 unspecified atom stereocenters. The van der Waals surface area contributed by atoms with Gasteiger partial charge in [0, 0.05) is 24.5 Å². The molecule has 0 saturated carbocycles.